The van der Waals surface area contributed by atoms with Crippen molar-refractivity contribution in [3.05, 3.63) is 28.8 Å². The summed E-state index contributed by atoms with van der Waals surface area (Å²) in [5.41, 5.74) is 6.28. The molecule has 0 saturated carbocycles. The second kappa shape index (κ2) is 6.79. The van der Waals surface area contributed by atoms with E-state index in [1.165, 1.54) is 0 Å². The van der Waals surface area contributed by atoms with E-state index in [9.17, 15) is 0 Å². The predicted molar refractivity (Wildman–Crippen MR) is 73.9 cm³/mol. The number of hydrogen-bond donors (Lipinski definition) is 1. The molecule has 2 N–H and O–H groups in total. The first-order valence-electron chi connectivity index (χ1n) is 5.34. The van der Waals surface area contributed by atoms with E-state index in [-0.39, 0.29) is 6.10 Å². The van der Waals surface area contributed by atoms with Gasteiger partial charge >= 0.3 is 0 Å². The molecule has 94 valence electrons. The average Bonchev–Trinajstić information content (AvgIpc) is 2.23. The van der Waals surface area contributed by atoms with Crippen LogP contribution in [-0.2, 0) is 4.74 Å². The van der Waals surface area contributed by atoms with Crippen molar-refractivity contribution >= 4 is 28.8 Å². The molecular weight excluding hydrogens is 258 g/mol. The lowest BCUT2D eigenvalue weighted by molar-refractivity contribution is 0.0552. The summed E-state index contributed by atoms with van der Waals surface area (Å²) in [6, 6.07) is 5.18. The fourth-order valence-electron chi connectivity index (χ4n) is 1.25. The Bertz CT molecular complexity index is 396. The number of halogens is 1. The molecule has 0 heterocycles. The number of rotatable bonds is 6. The van der Waals surface area contributed by atoms with Crippen molar-refractivity contribution in [3.8, 4) is 5.75 Å². The minimum Gasteiger partial charge on any atom is -0.490 e. The summed E-state index contributed by atoms with van der Waals surface area (Å²) in [7, 11) is 0. The Labute approximate surface area is 112 Å². The Balaban J connectivity index is 2.62. The van der Waals surface area contributed by atoms with E-state index in [4.69, 9.17) is 39.0 Å². The monoisotopic (exact) mass is 273 g/mol. The molecule has 0 spiro atoms. The lowest BCUT2D eigenvalue weighted by Gasteiger charge is -2.12. The van der Waals surface area contributed by atoms with Gasteiger partial charge < -0.3 is 15.2 Å². The van der Waals surface area contributed by atoms with Crippen LogP contribution in [0.4, 0.5) is 0 Å². The van der Waals surface area contributed by atoms with Gasteiger partial charge in [0.15, 0.2) is 0 Å². The molecule has 0 atom stereocenters. The van der Waals surface area contributed by atoms with Gasteiger partial charge in [-0.25, -0.2) is 0 Å². The number of nitrogens with two attached hydrogens (primary N) is 1. The fourth-order valence-corrected chi connectivity index (χ4v) is 1.59. The average molecular weight is 274 g/mol. The summed E-state index contributed by atoms with van der Waals surface area (Å²) in [4.78, 5) is 0.293. The first-order valence-corrected chi connectivity index (χ1v) is 6.13. The first kappa shape index (κ1) is 14.2. The van der Waals surface area contributed by atoms with Crippen LogP contribution in [0.5, 0.6) is 5.75 Å². The quantitative estimate of drug-likeness (QED) is 0.639. The van der Waals surface area contributed by atoms with Crippen LogP contribution in [-0.4, -0.2) is 24.3 Å². The molecule has 0 amide bonds. The van der Waals surface area contributed by atoms with Crippen molar-refractivity contribution < 1.29 is 9.47 Å². The third-order valence-electron chi connectivity index (χ3n) is 2.00. The van der Waals surface area contributed by atoms with E-state index >= 15 is 0 Å². The highest BCUT2D eigenvalue weighted by Crippen LogP contribution is 2.23. The summed E-state index contributed by atoms with van der Waals surface area (Å²) in [5.74, 6) is 0.595. The maximum Gasteiger partial charge on any atom is 0.131 e. The molecule has 17 heavy (non-hydrogen) atoms. The number of ether oxygens (including phenoxy) is 2. The molecule has 1 aromatic rings. The van der Waals surface area contributed by atoms with Crippen LogP contribution in [0.25, 0.3) is 0 Å². The van der Waals surface area contributed by atoms with Gasteiger partial charge in [0.2, 0.25) is 0 Å². The van der Waals surface area contributed by atoms with Gasteiger partial charge in [-0.05, 0) is 32.0 Å². The minimum absolute atomic E-state index is 0.188. The summed E-state index contributed by atoms with van der Waals surface area (Å²) in [5, 5.41) is 0.588. The second-order valence-electron chi connectivity index (χ2n) is 3.77. The largest absolute Gasteiger partial charge is 0.490 e. The maximum absolute atomic E-state index is 5.89. The van der Waals surface area contributed by atoms with Crippen LogP contribution in [0.3, 0.4) is 0 Å². The molecule has 1 aromatic carbocycles. The highest BCUT2D eigenvalue weighted by atomic mass is 35.5. The normalized spacial score (nSPS) is 10.6. The standard InChI is InChI=1S/C12H16ClNO2S/c1-8(2)15-5-6-16-11-7-9(13)3-4-10(11)12(14)17/h3-4,7-8H,5-6H2,1-2H3,(H2,14,17). The maximum atomic E-state index is 5.89. The predicted octanol–water partition coefficient (Wildman–Crippen LogP) is 2.78. The number of thiocarbonyl (C=S) groups is 1. The van der Waals surface area contributed by atoms with Crippen molar-refractivity contribution in [2.75, 3.05) is 13.2 Å². The zero-order chi connectivity index (χ0) is 12.8. The molecule has 0 aliphatic carbocycles. The van der Waals surface area contributed by atoms with Crippen molar-refractivity contribution in [2.45, 2.75) is 20.0 Å². The summed E-state index contributed by atoms with van der Waals surface area (Å²) in [6.45, 7) is 4.90. The molecule has 0 aromatic heterocycles. The highest BCUT2D eigenvalue weighted by Gasteiger charge is 2.07. The van der Waals surface area contributed by atoms with Gasteiger partial charge in [0.05, 0.1) is 18.3 Å². The lowest BCUT2D eigenvalue weighted by Crippen LogP contribution is -2.15. The molecule has 3 nitrogen and oxygen atoms in total. The van der Waals surface area contributed by atoms with E-state index < -0.39 is 0 Å². The Morgan fingerprint density at radius 3 is 2.71 bits per heavy atom. The third kappa shape index (κ3) is 4.89. The zero-order valence-electron chi connectivity index (χ0n) is 9.90. The van der Waals surface area contributed by atoms with Crippen LogP contribution in [0, 0.1) is 0 Å². The SMILES string of the molecule is CC(C)OCCOc1cc(Cl)ccc1C(N)=S. The second-order valence-corrected chi connectivity index (χ2v) is 4.65. The molecule has 1 rings (SSSR count). The first-order chi connectivity index (χ1) is 8.00. The van der Waals surface area contributed by atoms with Crippen LogP contribution < -0.4 is 10.5 Å². The minimum atomic E-state index is 0.188. The molecule has 5 heteroatoms. The molecule has 0 aliphatic heterocycles. The summed E-state index contributed by atoms with van der Waals surface area (Å²) < 4.78 is 10.9. The van der Waals surface area contributed by atoms with Crippen LogP contribution in [0.15, 0.2) is 18.2 Å². The fraction of sp³-hybridized carbons (Fsp3) is 0.417. The number of hydrogen-bond acceptors (Lipinski definition) is 3. The third-order valence-corrected chi connectivity index (χ3v) is 2.46. The van der Waals surface area contributed by atoms with Gasteiger partial charge in [-0.1, -0.05) is 23.8 Å². The van der Waals surface area contributed by atoms with E-state index in [1.807, 2.05) is 13.8 Å². The van der Waals surface area contributed by atoms with Gasteiger partial charge in [-0.3, -0.25) is 0 Å². The van der Waals surface area contributed by atoms with Gasteiger partial charge in [0.1, 0.15) is 17.3 Å². The van der Waals surface area contributed by atoms with Crippen LogP contribution in [0.2, 0.25) is 5.02 Å². The highest BCUT2D eigenvalue weighted by molar-refractivity contribution is 7.80. The van der Waals surface area contributed by atoms with E-state index in [0.717, 1.165) is 0 Å². The lowest BCUT2D eigenvalue weighted by atomic mass is 10.2. The van der Waals surface area contributed by atoms with Crippen LogP contribution >= 0.6 is 23.8 Å². The van der Waals surface area contributed by atoms with Gasteiger partial charge in [-0.15, -0.1) is 0 Å². The topological polar surface area (TPSA) is 44.5 Å². The smallest absolute Gasteiger partial charge is 0.131 e. The number of benzene rings is 1. The van der Waals surface area contributed by atoms with E-state index in [2.05, 4.69) is 0 Å². The summed E-state index contributed by atoms with van der Waals surface area (Å²) in [6.07, 6.45) is 0.188. The Hall–Kier alpha value is -0.840. The Morgan fingerprint density at radius 2 is 2.12 bits per heavy atom. The van der Waals surface area contributed by atoms with E-state index in [0.29, 0.717) is 34.5 Å². The van der Waals surface area contributed by atoms with Crippen molar-refractivity contribution in [1.29, 1.82) is 0 Å². The van der Waals surface area contributed by atoms with Gasteiger partial charge in [0, 0.05) is 5.02 Å². The molecule has 0 fully saturated rings. The molecule has 0 aliphatic rings. The molecule has 0 unspecified atom stereocenters. The van der Waals surface area contributed by atoms with Crippen molar-refractivity contribution in [2.24, 2.45) is 5.73 Å². The van der Waals surface area contributed by atoms with Gasteiger partial charge in [0.25, 0.3) is 0 Å². The van der Waals surface area contributed by atoms with Gasteiger partial charge in [-0.2, -0.15) is 0 Å². The summed E-state index contributed by atoms with van der Waals surface area (Å²) >= 11 is 10.8. The molecular formula is C12H16ClNO2S. The zero-order valence-corrected chi connectivity index (χ0v) is 11.5. The Morgan fingerprint density at radius 1 is 1.41 bits per heavy atom. The molecule has 0 saturated heterocycles. The van der Waals surface area contributed by atoms with Crippen LogP contribution in [0.1, 0.15) is 19.4 Å². The van der Waals surface area contributed by atoms with E-state index in [1.54, 1.807) is 18.2 Å². The van der Waals surface area contributed by atoms with Crippen molar-refractivity contribution in [1.82, 2.24) is 0 Å². The Kier molecular flexibility index (Phi) is 5.68. The molecule has 0 bridgehead atoms. The van der Waals surface area contributed by atoms with Crippen molar-refractivity contribution in [3.63, 3.8) is 0 Å². The molecule has 0 radical (unpaired) electrons.